The zero-order valence-corrected chi connectivity index (χ0v) is 23.3. The highest BCUT2D eigenvalue weighted by molar-refractivity contribution is 9.10. The number of para-hydroxylation sites is 1. The lowest BCUT2D eigenvalue weighted by Crippen LogP contribution is -2.03. The molecule has 0 unspecified atom stereocenters. The molecule has 41 heavy (non-hydrogen) atoms. The van der Waals surface area contributed by atoms with Crippen LogP contribution in [0, 0.1) is 0 Å². The molecule has 0 aliphatic rings. The van der Waals surface area contributed by atoms with Crippen molar-refractivity contribution >= 4 is 81.3 Å². The van der Waals surface area contributed by atoms with E-state index < -0.39 is 0 Å². The van der Waals surface area contributed by atoms with Crippen LogP contribution in [0.25, 0.3) is 82.6 Å². The zero-order valence-electron chi connectivity index (χ0n) is 21.7. The van der Waals surface area contributed by atoms with Crippen LogP contribution in [0.5, 0.6) is 0 Å². The molecule has 3 heterocycles. The number of fused-ring (bicyclic) bond motifs is 9. The normalized spacial score (nSPS) is 12.0. The number of nitrogens with zero attached hydrogens (tertiary/aromatic N) is 3. The van der Waals surface area contributed by atoms with E-state index in [9.17, 15) is 0 Å². The summed E-state index contributed by atoms with van der Waals surface area (Å²) < 4.78 is 9.55. The van der Waals surface area contributed by atoms with Crippen LogP contribution in [0.1, 0.15) is 0 Å². The summed E-state index contributed by atoms with van der Waals surface area (Å²) in [6.45, 7) is 0. The van der Waals surface area contributed by atoms with Crippen LogP contribution in [-0.2, 0) is 0 Å². The van der Waals surface area contributed by atoms with E-state index in [0.29, 0.717) is 11.7 Å². The third-order valence-electron chi connectivity index (χ3n) is 8.07. The van der Waals surface area contributed by atoms with Crippen molar-refractivity contribution in [1.82, 2.24) is 14.5 Å². The molecule has 3 aromatic heterocycles. The van der Waals surface area contributed by atoms with Gasteiger partial charge in [0.05, 0.1) is 22.1 Å². The summed E-state index contributed by atoms with van der Waals surface area (Å²) in [7, 11) is 0. The Morgan fingerprint density at radius 3 is 2.22 bits per heavy atom. The van der Waals surface area contributed by atoms with Gasteiger partial charge in [-0.15, -0.1) is 0 Å². The minimum Gasteiger partial charge on any atom is -0.437 e. The quantitative estimate of drug-likeness (QED) is 0.201. The van der Waals surface area contributed by atoms with Gasteiger partial charge in [0.2, 0.25) is 11.7 Å². The lowest BCUT2D eigenvalue weighted by Gasteiger charge is -2.10. The van der Waals surface area contributed by atoms with Gasteiger partial charge in [-0.25, -0.2) is 4.98 Å². The van der Waals surface area contributed by atoms with Crippen LogP contribution in [0.4, 0.5) is 0 Å². The number of hydrogen-bond donors (Lipinski definition) is 0. The van der Waals surface area contributed by atoms with Crippen molar-refractivity contribution in [3.05, 3.63) is 126 Å². The second-order valence-corrected chi connectivity index (χ2v) is 11.3. The number of furan rings is 1. The average molecular weight is 590 g/mol. The molecule has 9 rings (SSSR count). The molecule has 0 amide bonds. The molecule has 0 saturated heterocycles. The van der Waals surface area contributed by atoms with Gasteiger partial charge in [0.1, 0.15) is 5.58 Å². The smallest absolute Gasteiger partial charge is 0.238 e. The van der Waals surface area contributed by atoms with Crippen LogP contribution in [0.15, 0.2) is 130 Å². The Morgan fingerprint density at radius 1 is 0.561 bits per heavy atom. The van der Waals surface area contributed by atoms with Crippen molar-refractivity contribution in [1.29, 1.82) is 0 Å². The first-order valence-corrected chi connectivity index (χ1v) is 14.3. The lowest BCUT2D eigenvalue weighted by atomic mass is 10.0. The third kappa shape index (κ3) is 3.33. The van der Waals surface area contributed by atoms with E-state index in [0.717, 1.165) is 48.5 Å². The summed E-state index contributed by atoms with van der Waals surface area (Å²) in [5, 5.41) is 9.03. The molecule has 0 aliphatic heterocycles. The molecule has 0 fully saturated rings. The maximum atomic E-state index is 6.39. The Kier molecular flexibility index (Phi) is 4.72. The largest absolute Gasteiger partial charge is 0.437 e. The van der Waals surface area contributed by atoms with E-state index in [1.807, 2.05) is 18.2 Å². The van der Waals surface area contributed by atoms with Crippen molar-refractivity contribution in [2.24, 2.45) is 0 Å². The van der Waals surface area contributed by atoms with E-state index in [4.69, 9.17) is 14.4 Å². The number of rotatable bonds is 2. The Balaban J connectivity index is 1.44. The molecule has 0 radical (unpaired) electrons. The summed E-state index contributed by atoms with van der Waals surface area (Å²) in [5.41, 5.74) is 5.34. The molecule has 192 valence electrons. The number of benzene rings is 6. The minimum absolute atomic E-state index is 0.574. The van der Waals surface area contributed by atoms with Gasteiger partial charge in [-0.1, -0.05) is 107 Å². The standard InChI is InChI=1S/C36H20BrN3O/c37-25-16-17-27-30(20-25)40(29-18-15-22-8-3-4-10-26(22)32(27)29)36-38-34(24-14-13-21-7-1-2-9-23(21)19-24)33-28-11-5-6-12-31(28)41-35(33)39-36/h1-20H. The number of hydrogen-bond acceptors (Lipinski definition) is 3. The molecule has 0 atom stereocenters. The van der Waals surface area contributed by atoms with Crippen molar-refractivity contribution in [2.45, 2.75) is 0 Å². The fraction of sp³-hybridized carbons (Fsp3) is 0. The summed E-state index contributed by atoms with van der Waals surface area (Å²) in [4.78, 5) is 10.4. The van der Waals surface area contributed by atoms with Crippen molar-refractivity contribution < 1.29 is 4.42 Å². The predicted molar refractivity (Wildman–Crippen MR) is 172 cm³/mol. The molecule has 0 bridgehead atoms. The maximum Gasteiger partial charge on any atom is 0.238 e. The SMILES string of the molecule is Brc1ccc2c3c4ccccc4ccc3n(-c3nc(-c4ccc5ccccc5c4)c4c(n3)oc3ccccc34)c2c1. The highest BCUT2D eigenvalue weighted by Gasteiger charge is 2.22. The third-order valence-corrected chi connectivity index (χ3v) is 8.56. The molecule has 0 N–H and O–H groups in total. The molecular formula is C36H20BrN3O. The van der Waals surface area contributed by atoms with Crippen LogP contribution in [0.3, 0.4) is 0 Å². The fourth-order valence-electron chi connectivity index (χ4n) is 6.23. The minimum atomic E-state index is 0.574. The monoisotopic (exact) mass is 589 g/mol. The molecule has 5 heteroatoms. The Bertz CT molecular complexity index is 2510. The Labute approximate surface area is 242 Å². The van der Waals surface area contributed by atoms with Crippen LogP contribution in [-0.4, -0.2) is 14.5 Å². The van der Waals surface area contributed by atoms with Crippen LogP contribution >= 0.6 is 15.9 Å². The first kappa shape index (κ1) is 22.8. The van der Waals surface area contributed by atoms with Gasteiger partial charge in [-0.3, -0.25) is 4.57 Å². The second kappa shape index (κ2) is 8.50. The summed E-state index contributed by atoms with van der Waals surface area (Å²) in [6, 6.07) is 42.3. The average Bonchev–Trinajstić information content (AvgIpc) is 3.55. The van der Waals surface area contributed by atoms with E-state index in [2.05, 4.69) is 124 Å². The highest BCUT2D eigenvalue weighted by atomic mass is 79.9. The van der Waals surface area contributed by atoms with Gasteiger partial charge in [0.15, 0.2) is 0 Å². The van der Waals surface area contributed by atoms with E-state index >= 15 is 0 Å². The van der Waals surface area contributed by atoms with Gasteiger partial charge in [-0.05, 0) is 51.9 Å². The first-order valence-electron chi connectivity index (χ1n) is 13.5. The van der Waals surface area contributed by atoms with Crippen molar-refractivity contribution in [3.8, 4) is 17.2 Å². The van der Waals surface area contributed by atoms with Gasteiger partial charge in [0.25, 0.3) is 0 Å². The molecule has 0 aliphatic carbocycles. The second-order valence-electron chi connectivity index (χ2n) is 10.4. The summed E-state index contributed by atoms with van der Waals surface area (Å²) in [5.74, 6) is 0.577. The Morgan fingerprint density at radius 2 is 1.32 bits per heavy atom. The fourth-order valence-corrected chi connectivity index (χ4v) is 6.58. The predicted octanol–water partition coefficient (Wildman–Crippen LogP) is 10.2. The molecule has 0 saturated carbocycles. The van der Waals surface area contributed by atoms with Crippen molar-refractivity contribution in [2.75, 3.05) is 0 Å². The molecule has 6 aromatic carbocycles. The van der Waals surface area contributed by atoms with Crippen LogP contribution < -0.4 is 0 Å². The van der Waals surface area contributed by atoms with E-state index in [1.165, 1.54) is 26.9 Å². The summed E-state index contributed by atoms with van der Waals surface area (Å²) in [6.07, 6.45) is 0. The Hall–Kier alpha value is -5.00. The molecule has 0 spiro atoms. The number of aromatic nitrogens is 3. The van der Waals surface area contributed by atoms with Gasteiger partial charge in [0, 0.05) is 26.2 Å². The molecular weight excluding hydrogens is 570 g/mol. The lowest BCUT2D eigenvalue weighted by molar-refractivity contribution is 0.651. The molecule has 9 aromatic rings. The molecule has 4 nitrogen and oxygen atoms in total. The number of halogens is 1. The first-order chi connectivity index (χ1) is 20.2. The van der Waals surface area contributed by atoms with Crippen LogP contribution in [0.2, 0.25) is 0 Å². The topological polar surface area (TPSA) is 43.9 Å². The van der Waals surface area contributed by atoms with E-state index in [1.54, 1.807) is 0 Å². The van der Waals surface area contributed by atoms with Gasteiger partial charge in [-0.2, -0.15) is 4.98 Å². The van der Waals surface area contributed by atoms with Gasteiger partial charge < -0.3 is 4.42 Å². The summed E-state index contributed by atoms with van der Waals surface area (Å²) >= 11 is 3.71. The maximum absolute atomic E-state index is 6.39. The van der Waals surface area contributed by atoms with E-state index in [-0.39, 0.29) is 0 Å². The zero-order chi connectivity index (χ0) is 27.1. The van der Waals surface area contributed by atoms with Gasteiger partial charge >= 0.3 is 0 Å². The highest BCUT2D eigenvalue weighted by Crippen LogP contribution is 2.40. The van der Waals surface area contributed by atoms with Crippen molar-refractivity contribution in [3.63, 3.8) is 0 Å².